The van der Waals surface area contributed by atoms with Crippen molar-refractivity contribution in [3.63, 3.8) is 0 Å². The standard InChI is InChI=1S/C51H24F24S3.C18H14F8/c1-10(2)16-25(52)31(58)19(32(59)26(16)53)22-37(64)43(70)49(44(71)38(22)65)76-13-7-14(77-50-45(72)39(66)23(40(67)46(50)73)20-33(60)27(54)17(11(3)4)28(55)34(20)61)9-15(8-13)78-51-47(74)41(68)24(42(69)48(51)75)21-35(62)29(56)18(12(5)6)30(57)36(21)63;1-5(2)7-11(19)15(23)9(16(24)12(7)20)10-17(25)13(21)8(6(3)4)14(22)18(10)26/h7-12H,1-6H3;5-6H,1-4H3. The van der Waals surface area contributed by atoms with Crippen LogP contribution < -0.4 is 0 Å². The van der Waals surface area contributed by atoms with Gasteiger partial charge in [0.1, 0.15) is 0 Å². The minimum atomic E-state index is -2.77. The van der Waals surface area contributed by atoms with Crippen molar-refractivity contribution in [3.05, 3.63) is 232 Å². The van der Waals surface area contributed by atoms with Gasteiger partial charge in [0.25, 0.3) is 0 Å². The number of rotatable bonds is 15. The molecule has 9 aromatic rings. The second-order valence-corrected chi connectivity index (χ2v) is 27.1. The lowest BCUT2D eigenvalue weighted by molar-refractivity contribution is 0.418. The van der Waals surface area contributed by atoms with Crippen molar-refractivity contribution in [3.8, 4) is 44.5 Å². The van der Waals surface area contributed by atoms with E-state index in [9.17, 15) is 61.5 Å². The molecule has 0 aliphatic carbocycles. The Labute approximate surface area is 578 Å². The highest BCUT2D eigenvalue weighted by molar-refractivity contribution is 8.01. The van der Waals surface area contributed by atoms with E-state index >= 15 is 79.0 Å². The maximum atomic E-state index is 15.9. The summed E-state index contributed by atoms with van der Waals surface area (Å²) >= 11 is -1.75. The van der Waals surface area contributed by atoms with E-state index in [1.54, 1.807) is 0 Å². The van der Waals surface area contributed by atoms with Crippen molar-refractivity contribution in [1.82, 2.24) is 0 Å². The van der Waals surface area contributed by atoms with Crippen LogP contribution >= 0.6 is 35.3 Å². The average molecular weight is 1570 g/mol. The summed E-state index contributed by atoms with van der Waals surface area (Å²) in [6.45, 7) is 11.1. The van der Waals surface area contributed by atoms with Gasteiger partial charge in [-0.1, -0.05) is 105 Å². The third kappa shape index (κ3) is 13.6. The second-order valence-electron chi connectivity index (χ2n) is 23.8. The van der Waals surface area contributed by atoms with E-state index in [2.05, 4.69) is 0 Å². The first-order chi connectivity index (χ1) is 48.1. The Morgan fingerprint density at radius 1 is 0.154 bits per heavy atom. The first-order valence-electron chi connectivity index (χ1n) is 29.2. The summed E-state index contributed by atoms with van der Waals surface area (Å²) in [4.78, 5) is -8.91. The smallest absolute Gasteiger partial charge is 0.176 e. The van der Waals surface area contributed by atoms with Gasteiger partial charge in [-0.2, -0.15) is 0 Å². The Balaban J connectivity index is 0.000000441. The lowest BCUT2D eigenvalue weighted by Crippen LogP contribution is -2.12. The number of halogens is 32. The molecule has 556 valence electrons. The summed E-state index contributed by atoms with van der Waals surface area (Å²) in [5.41, 5.74) is -23.6. The molecule has 0 heterocycles. The van der Waals surface area contributed by atoms with Crippen LogP contribution in [-0.2, 0) is 0 Å². The number of hydrogen-bond donors (Lipinski definition) is 0. The third-order valence-electron chi connectivity index (χ3n) is 15.6. The summed E-state index contributed by atoms with van der Waals surface area (Å²) in [7, 11) is 0. The van der Waals surface area contributed by atoms with E-state index < -0.39 is 353 Å². The van der Waals surface area contributed by atoms with Gasteiger partial charge in [0.05, 0.1) is 59.2 Å². The van der Waals surface area contributed by atoms with Crippen LogP contribution in [0.15, 0.2) is 47.6 Å². The van der Waals surface area contributed by atoms with Crippen LogP contribution in [0.2, 0.25) is 0 Å². The molecule has 0 aliphatic heterocycles. The van der Waals surface area contributed by atoms with Gasteiger partial charge in [0, 0.05) is 42.5 Å². The van der Waals surface area contributed by atoms with Crippen LogP contribution in [0.3, 0.4) is 0 Å². The molecule has 9 rings (SSSR count). The van der Waals surface area contributed by atoms with Crippen LogP contribution in [0.1, 0.15) is 127 Å². The molecule has 35 heteroatoms. The quantitative estimate of drug-likeness (QED) is 0.0742. The van der Waals surface area contributed by atoms with Crippen LogP contribution in [0.25, 0.3) is 44.5 Å². The molecule has 0 N–H and O–H groups in total. The van der Waals surface area contributed by atoms with E-state index in [0.29, 0.717) is 18.2 Å². The fourth-order valence-electron chi connectivity index (χ4n) is 10.7. The fraction of sp³-hybridized carbons (Fsp3) is 0.217. The first kappa shape index (κ1) is 81.5. The zero-order chi connectivity index (χ0) is 78.6. The van der Waals surface area contributed by atoms with Gasteiger partial charge in [-0.15, -0.1) is 0 Å². The molecule has 0 bridgehead atoms. The number of benzene rings is 9. The molecule has 104 heavy (non-hydrogen) atoms. The van der Waals surface area contributed by atoms with Crippen molar-refractivity contribution in [2.45, 2.75) is 128 Å². The van der Waals surface area contributed by atoms with Crippen molar-refractivity contribution >= 4 is 35.3 Å². The van der Waals surface area contributed by atoms with Gasteiger partial charge >= 0.3 is 0 Å². The predicted molar refractivity (Wildman–Crippen MR) is 315 cm³/mol. The molecule has 0 spiro atoms. The topological polar surface area (TPSA) is 0 Å². The maximum absolute atomic E-state index is 15.9. The van der Waals surface area contributed by atoms with Gasteiger partial charge in [-0.25, -0.2) is 140 Å². The molecule has 0 saturated heterocycles. The Morgan fingerprint density at radius 3 is 0.346 bits per heavy atom. The zero-order valence-electron chi connectivity index (χ0n) is 53.4. The highest BCUT2D eigenvalue weighted by atomic mass is 32.2. The molecule has 0 fully saturated rings. The van der Waals surface area contributed by atoms with Crippen molar-refractivity contribution in [2.24, 2.45) is 0 Å². The normalized spacial score (nSPS) is 11.9. The third-order valence-corrected chi connectivity index (χ3v) is 18.7. The molecule has 0 saturated carbocycles. The molecule has 0 amide bonds. The average Bonchev–Trinajstić information content (AvgIpc) is 0.759. The highest BCUT2D eigenvalue weighted by Gasteiger charge is 2.41. The van der Waals surface area contributed by atoms with Crippen molar-refractivity contribution < 1.29 is 140 Å². The SMILES string of the molecule is CC(C)c1c(F)c(F)c(-c2c(F)c(F)c(C(C)C)c(F)c2F)c(F)c1F.CC(C)c1c(F)c(F)c(-c2c(F)c(F)c(Sc3cc(Sc4c(F)c(F)c(-c5c(F)c(F)c(C(C)C)c(F)c5F)c(F)c4F)cc(Sc4c(F)c(F)c(-c5c(F)c(F)c(C(C)C)c(F)c5F)c(F)c4F)c3)c(F)c2F)c(F)c1F. The van der Waals surface area contributed by atoms with Gasteiger partial charge in [0.15, 0.2) is 186 Å². The van der Waals surface area contributed by atoms with Gasteiger partial charge < -0.3 is 0 Å². The predicted octanol–water partition coefficient (Wildman–Crippen LogP) is 26.6. The van der Waals surface area contributed by atoms with Gasteiger partial charge in [0.2, 0.25) is 0 Å². The molecule has 0 atom stereocenters. The molecular formula is C69H38F32S3. The molecule has 0 aliphatic rings. The minimum absolute atomic E-state index is 0.403. The Bertz CT molecular complexity index is 4380. The van der Waals surface area contributed by atoms with Crippen molar-refractivity contribution in [1.29, 1.82) is 0 Å². The van der Waals surface area contributed by atoms with Crippen LogP contribution in [0.4, 0.5) is 140 Å². The van der Waals surface area contributed by atoms with E-state index in [1.165, 1.54) is 27.7 Å². The summed E-state index contributed by atoms with van der Waals surface area (Å²) in [5.74, 6) is -83.3. The molecule has 9 aromatic carbocycles. The Kier molecular flexibility index (Phi) is 23.8. The monoisotopic (exact) mass is 1570 g/mol. The van der Waals surface area contributed by atoms with Crippen LogP contribution in [-0.4, -0.2) is 0 Å². The summed E-state index contributed by atoms with van der Waals surface area (Å²) in [5, 5.41) is 0. The van der Waals surface area contributed by atoms with Crippen LogP contribution in [0.5, 0.6) is 0 Å². The van der Waals surface area contributed by atoms with E-state index in [1.807, 2.05) is 0 Å². The van der Waals surface area contributed by atoms with Gasteiger partial charge in [-0.05, 0) is 47.8 Å². The van der Waals surface area contributed by atoms with E-state index in [0.717, 1.165) is 41.5 Å². The lowest BCUT2D eigenvalue weighted by atomic mass is 9.92. The Hall–Kier alpha value is -8.21. The molecular weight excluding hydrogens is 1530 g/mol. The summed E-state index contributed by atoms with van der Waals surface area (Å²) in [6, 6.07) is 1.21. The fourth-order valence-corrected chi connectivity index (χ4v) is 13.8. The maximum Gasteiger partial charge on any atom is 0.176 e. The summed E-state index contributed by atoms with van der Waals surface area (Å²) in [6.07, 6.45) is 0. The second kappa shape index (κ2) is 30.3. The lowest BCUT2D eigenvalue weighted by Gasteiger charge is -2.18. The van der Waals surface area contributed by atoms with Crippen molar-refractivity contribution in [2.75, 3.05) is 0 Å². The largest absolute Gasteiger partial charge is 0.203 e. The molecule has 0 nitrogen and oxygen atoms in total. The molecule has 0 unspecified atom stereocenters. The minimum Gasteiger partial charge on any atom is -0.203 e. The first-order valence-corrected chi connectivity index (χ1v) is 31.7. The van der Waals surface area contributed by atoms with E-state index in [4.69, 9.17) is 0 Å². The summed E-state index contributed by atoms with van der Waals surface area (Å²) < 4.78 is 484. The zero-order valence-corrected chi connectivity index (χ0v) is 55.9. The van der Waals surface area contributed by atoms with Crippen LogP contribution in [0, 0.1) is 186 Å². The number of hydrogen-bond acceptors (Lipinski definition) is 3. The van der Waals surface area contributed by atoms with E-state index in [-0.39, 0.29) is 0 Å². The Morgan fingerprint density at radius 2 is 0.250 bits per heavy atom. The molecule has 0 radical (unpaired) electrons. The highest BCUT2D eigenvalue weighted by Crippen LogP contribution is 2.51. The molecule has 0 aromatic heterocycles. The van der Waals surface area contributed by atoms with Gasteiger partial charge in [-0.3, -0.25) is 0 Å².